The van der Waals surface area contributed by atoms with Crippen LogP contribution in [0.4, 0.5) is 0 Å². The van der Waals surface area contributed by atoms with Crippen molar-refractivity contribution in [3.05, 3.63) is 54.4 Å². The summed E-state index contributed by atoms with van der Waals surface area (Å²) in [6.07, 6.45) is 5.31. The Bertz CT molecular complexity index is 675. The van der Waals surface area contributed by atoms with Gasteiger partial charge >= 0.3 is 0 Å². The first kappa shape index (κ1) is 16.3. The normalized spacial score (nSPS) is 17.4. The second kappa shape index (κ2) is 7.81. The molecule has 0 radical (unpaired) electrons. The molecule has 0 saturated carbocycles. The summed E-state index contributed by atoms with van der Waals surface area (Å²) in [5.74, 6) is 1.55. The largest absolute Gasteiger partial charge is 0.488 e. The van der Waals surface area contributed by atoms with Crippen LogP contribution >= 0.6 is 0 Å². The van der Waals surface area contributed by atoms with Crippen molar-refractivity contribution in [2.24, 2.45) is 0 Å². The van der Waals surface area contributed by atoms with Crippen molar-refractivity contribution < 1.29 is 14.3 Å². The average Bonchev–Trinajstić information content (AvgIpc) is 2.62. The number of piperidine rings is 1. The molecule has 0 spiro atoms. The third-order valence-corrected chi connectivity index (χ3v) is 4.13. The topological polar surface area (TPSA) is 51.7 Å². The van der Waals surface area contributed by atoms with Crippen molar-refractivity contribution in [2.45, 2.75) is 25.9 Å². The van der Waals surface area contributed by atoms with Crippen molar-refractivity contribution >= 4 is 5.91 Å². The summed E-state index contributed by atoms with van der Waals surface area (Å²) >= 11 is 0. The van der Waals surface area contributed by atoms with E-state index in [4.69, 9.17) is 9.47 Å². The first-order valence-electron chi connectivity index (χ1n) is 8.25. The highest BCUT2D eigenvalue weighted by molar-refractivity contribution is 5.78. The zero-order chi connectivity index (χ0) is 16.8. The maximum absolute atomic E-state index is 12.4. The quantitative estimate of drug-likeness (QED) is 0.848. The summed E-state index contributed by atoms with van der Waals surface area (Å²) in [7, 11) is 0. The molecule has 1 unspecified atom stereocenters. The van der Waals surface area contributed by atoms with E-state index in [9.17, 15) is 4.79 Å². The van der Waals surface area contributed by atoms with Crippen LogP contribution in [0.15, 0.2) is 48.8 Å². The van der Waals surface area contributed by atoms with Crippen LogP contribution in [-0.2, 0) is 4.79 Å². The van der Waals surface area contributed by atoms with E-state index in [1.807, 2.05) is 48.2 Å². The number of hydrogen-bond acceptors (Lipinski definition) is 4. The standard InChI is InChI=1S/C19H22N2O3/c1-15-5-2-3-7-18(15)23-14-19(22)21-12-4-6-17(13-21)24-16-8-10-20-11-9-16/h2-3,5,7-11,17H,4,6,12-14H2,1H3. The third-order valence-electron chi connectivity index (χ3n) is 4.13. The first-order chi connectivity index (χ1) is 11.7. The molecule has 3 rings (SSSR count). The summed E-state index contributed by atoms with van der Waals surface area (Å²) in [6, 6.07) is 11.4. The molecule has 1 aromatic carbocycles. The molecule has 1 atom stereocenters. The van der Waals surface area contributed by atoms with Gasteiger partial charge in [0.1, 0.15) is 17.6 Å². The van der Waals surface area contributed by atoms with Crippen molar-refractivity contribution in [1.29, 1.82) is 0 Å². The number of aryl methyl sites for hydroxylation is 1. The summed E-state index contributed by atoms with van der Waals surface area (Å²) in [5, 5.41) is 0. The molecule has 5 nitrogen and oxygen atoms in total. The van der Waals surface area contributed by atoms with E-state index in [2.05, 4.69) is 4.98 Å². The Kier molecular flexibility index (Phi) is 5.31. The number of rotatable bonds is 5. The number of benzene rings is 1. The van der Waals surface area contributed by atoms with Crippen LogP contribution in [0.25, 0.3) is 0 Å². The van der Waals surface area contributed by atoms with Gasteiger partial charge in [0.15, 0.2) is 6.61 Å². The highest BCUT2D eigenvalue weighted by atomic mass is 16.5. The summed E-state index contributed by atoms with van der Waals surface area (Å²) in [6.45, 7) is 3.39. The lowest BCUT2D eigenvalue weighted by atomic mass is 10.1. The molecule has 0 bridgehead atoms. The van der Waals surface area contributed by atoms with Crippen molar-refractivity contribution in [2.75, 3.05) is 19.7 Å². The molecule has 1 aromatic heterocycles. The van der Waals surface area contributed by atoms with Crippen LogP contribution in [0.3, 0.4) is 0 Å². The first-order valence-corrected chi connectivity index (χ1v) is 8.25. The molecule has 24 heavy (non-hydrogen) atoms. The van der Waals surface area contributed by atoms with Crippen LogP contribution in [-0.4, -0.2) is 41.6 Å². The van der Waals surface area contributed by atoms with Gasteiger partial charge in [0.05, 0.1) is 6.54 Å². The van der Waals surface area contributed by atoms with E-state index in [-0.39, 0.29) is 18.6 Å². The molecule has 2 heterocycles. The van der Waals surface area contributed by atoms with E-state index < -0.39 is 0 Å². The zero-order valence-corrected chi connectivity index (χ0v) is 13.9. The average molecular weight is 326 g/mol. The molecule has 1 aliphatic heterocycles. The lowest BCUT2D eigenvalue weighted by Gasteiger charge is -2.32. The highest BCUT2D eigenvalue weighted by Crippen LogP contribution is 2.19. The van der Waals surface area contributed by atoms with E-state index >= 15 is 0 Å². The van der Waals surface area contributed by atoms with E-state index in [1.165, 1.54) is 0 Å². The number of hydrogen-bond donors (Lipinski definition) is 0. The second-order valence-corrected chi connectivity index (χ2v) is 5.96. The van der Waals surface area contributed by atoms with Crippen LogP contribution in [0, 0.1) is 6.92 Å². The SMILES string of the molecule is Cc1ccccc1OCC(=O)N1CCCC(Oc2ccncc2)C1. The number of pyridine rings is 1. The predicted octanol–water partition coefficient (Wildman–Crippen LogP) is 2.84. The summed E-state index contributed by atoms with van der Waals surface area (Å²) in [4.78, 5) is 18.2. The number of ether oxygens (including phenoxy) is 2. The van der Waals surface area contributed by atoms with Gasteiger partial charge in [-0.05, 0) is 43.5 Å². The highest BCUT2D eigenvalue weighted by Gasteiger charge is 2.25. The molecule has 0 N–H and O–H groups in total. The molecule has 1 fully saturated rings. The minimum Gasteiger partial charge on any atom is -0.488 e. The van der Waals surface area contributed by atoms with Gasteiger partial charge in [-0.25, -0.2) is 0 Å². The maximum Gasteiger partial charge on any atom is 0.260 e. The lowest BCUT2D eigenvalue weighted by Crippen LogP contribution is -2.46. The molecular formula is C19H22N2O3. The van der Waals surface area contributed by atoms with Gasteiger partial charge < -0.3 is 14.4 Å². The Labute approximate surface area is 142 Å². The van der Waals surface area contributed by atoms with Crippen LogP contribution in [0.1, 0.15) is 18.4 Å². The molecule has 0 aliphatic carbocycles. The summed E-state index contributed by atoms with van der Waals surface area (Å²) in [5.41, 5.74) is 1.03. The molecular weight excluding hydrogens is 304 g/mol. The smallest absolute Gasteiger partial charge is 0.260 e. The fraction of sp³-hybridized carbons (Fsp3) is 0.368. The predicted molar refractivity (Wildman–Crippen MR) is 91.1 cm³/mol. The van der Waals surface area contributed by atoms with Gasteiger partial charge in [-0.3, -0.25) is 9.78 Å². The number of amides is 1. The molecule has 1 aliphatic rings. The van der Waals surface area contributed by atoms with Crippen LogP contribution < -0.4 is 9.47 Å². The minimum absolute atomic E-state index is 0.00119. The van der Waals surface area contributed by atoms with Gasteiger partial charge in [0, 0.05) is 18.9 Å². The van der Waals surface area contributed by atoms with Gasteiger partial charge in [-0.2, -0.15) is 0 Å². The maximum atomic E-state index is 12.4. The summed E-state index contributed by atoms with van der Waals surface area (Å²) < 4.78 is 11.6. The van der Waals surface area contributed by atoms with Crippen LogP contribution in [0.2, 0.25) is 0 Å². The van der Waals surface area contributed by atoms with Crippen molar-refractivity contribution in [3.8, 4) is 11.5 Å². The molecule has 126 valence electrons. The van der Waals surface area contributed by atoms with Crippen LogP contribution in [0.5, 0.6) is 11.5 Å². The number of carbonyl (C=O) groups is 1. The fourth-order valence-corrected chi connectivity index (χ4v) is 2.82. The Morgan fingerprint density at radius 2 is 2.04 bits per heavy atom. The fourth-order valence-electron chi connectivity index (χ4n) is 2.82. The number of para-hydroxylation sites is 1. The van der Waals surface area contributed by atoms with Gasteiger partial charge in [0.2, 0.25) is 0 Å². The molecule has 1 amide bonds. The molecule has 2 aromatic rings. The number of nitrogens with zero attached hydrogens (tertiary/aromatic N) is 2. The van der Waals surface area contributed by atoms with Crippen molar-refractivity contribution in [3.63, 3.8) is 0 Å². The second-order valence-electron chi connectivity index (χ2n) is 5.96. The van der Waals surface area contributed by atoms with E-state index in [0.29, 0.717) is 6.54 Å². The van der Waals surface area contributed by atoms with Gasteiger partial charge in [-0.15, -0.1) is 0 Å². The Hall–Kier alpha value is -2.56. The van der Waals surface area contributed by atoms with E-state index in [0.717, 1.165) is 36.4 Å². The Morgan fingerprint density at radius 3 is 2.83 bits per heavy atom. The van der Waals surface area contributed by atoms with Gasteiger partial charge in [0.25, 0.3) is 5.91 Å². The monoisotopic (exact) mass is 326 g/mol. The minimum atomic E-state index is 0.00119. The third kappa shape index (κ3) is 4.25. The number of carbonyl (C=O) groups excluding carboxylic acids is 1. The van der Waals surface area contributed by atoms with Gasteiger partial charge in [-0.1, -0.05) is 18.2 Å². The number of aromatic nitrogens is 1. The zero-order valence-electron chi connectivity index (χ0n) is 13.9. The Balaban J connectivity index is 1.52. The lowest BCUT2D eigenvalue weighted by molar-refractivity contribution is -0.136. The molecule has 1 saturated heterocycles. The molecule has 5 heteroatoms. The van der Waals surface area contributed by atoms with Crippen molar-refractivity contribution in [1.82, 2.24) is 9.88 Å². The van der Waals surface area contributed by atoms with E-state index in [1.54, 1.807) is 12.4 Å². The number of likely N-dealkylation sites (tertiary alicyclic amines) is 1. The Morgan fingerprint density at radius 1 is 1.25 bits per heavy atom.